The summed E-state index contributed by atoms with van der Waals surface area (Å²) < 4.78 is 0. The van der Waals surface area contributed by atoms with E-state index in [0.717, 1.165) is 16.5 Å². The molecule has 2 heterocycles. The highest BCUT2D eigenvalue weighted by Gasteiger charge is 2.26. The number of hydrogen-bond donors (Lipinski definition) is 1. The van der Waals surface area contributed by atoms with Crippen LogP contribution in [0.1, 0.15) is 15.9 Å². The van der Waals surface area contributed by atoms with E-state index in [4.69, 9.17) is 0 Å². The molecule has 1 aliphatic rings. The minimum absolute atomic E-state index is 0.0322. The SMILES string of the molecule is Cc1ccc2c(C(=O)N3CCN(C(=O)CN(C)C)CC3)c[nH]c2c1. The topological polar surface area (TPSA) is 59.7 Å². The molecule has 24 heavy (non-hydrogen) atoms. The zero-order valence-electron chi connectivity index (χ0n) is 14.5. The fraction of sp³-hybridized carbons (Fsp3) is 0.444. The number of rotatable bonds is 3. The number of carbonyl (C=O) groups is 2. The van der Waals surface area contributed by atoms with Crippen LogP contribution >= 0.6 is 0 Å². The lowest BCUT2D eigenvalue weighted by Crippen LogP contribution is -2.52. The number of piperazine rings is 1. The lowest BCUT2D eigenvalue weighted by molar-refractivity contribution is -0.133. The molecule has 3 rings (SSSR count). The van der Waals surface area contributed by atoms with Gasteiger partial charge >= 0.3 is 0 Å². The molecule has 6 nitrogen and oxygen atoms in total. The number of carbonyl (C=O) groups excluding carboxylic acids is 2. The van der Waals surface area contributed by atoms with Crippen molar-refractivity contribution >= 4 is 22.7 Å². The van der Waals surface area contributed by atoms with Crippen LogP contribution in [0.25, 0.3) is 10.9 Å². The van der Waals surface area contributed by atoms with E-state index in [9.17, 15) is 9.59 Å². The number of hydrogen-bond acceptors (Lipinski definition) is 3. The number of nitrogens with zero attached hydrogens (tertiary/aromatic N) is 3. The summed E-state index contributed by atoms with van der Waals surface area (Å²) in [6, 6.07) is 6.06. The highest BCUT2D eigenvalue weighted by atomic mass is 16.2. The summed E-state index contributed by atoms with van der Waals surface area (Å²) in [5.41, 5.74) is 2.85. The van der Waals surface area contributed by atoms with Crippen LogP contribution in [0.4, 0.5) is 0 Å². The first-order chi connectivity index (χ1) is 11.5. The summed E-state index contributed by atoms with van der Waals surface area (Å²) in [5, 5.41) is 0.955. The summed E-state index contributed by atoms with van der Waals surface area (Å²) in [6.07, 6.45) is 1.79. The first kappa shape index (κ1) is 16.5. The lowest BCUT2D eigenvalue weighted by Gasteiger charge is -2.35. The Hall–Kier alpha value is -2.34. The van der Waals surface area contributed by atoms with Gasteiger partial charge < -0.3 is 19.7 Å². The maximum absolute atomic E-state index is 12.8. The van der Waals surface area contributed by atoms with Crippen LogP contribution in [0.15, 0.2) is 24.4 Å². The number of fused-ring (bicyclic) bond motifs is 1. The van der Waals surface area contributed by atoms with E-state index < -0.39 is 0 Å². The summed E-state index contributed by atoms with van der Waals surface area (Å²) >= 11 is 0. The van der Waals surface area contributed by atoms with Crippen LogP contribution in [-0.4, -0.2) is 78.3 Å². The van der Waals surface area contributed by atoms with Gasteiger partial charge in [0.15, 0.2) is 0 Å². The molecule has 1 saturated heterocycles. The van der Waals surface area contributed by atoms with Crippen molar-refractivity contribution in [2.24, 2.45) is 0 Å². The Morgan fingerprint density at radius 2 is 1.79 bits per heavy atom. The van der Waals surface area contributed by atoms with Gasteiger partial charge in [0.1, 0.15) is 0 Å². The molecular formula is C18H24N4O2. The third-order valence-corrected chi connectivity index (χ3v) is 4.44. The van der Waals surface area contributed by atoms with Gasteiger partial charge in [-0.05, 0) is 32.6 Å². The Morgan fingerprint density at radius 1 is 1.12 bits per heavy atom. The van der Waals surface area contributed by atoms with Crippen LogP contribution in [0.2, 0.25) is 0 Å². The molecule has 6 heteroatoms. The molecule has 0 saturated carbocycles. The smallest absolute Gasteiger partial charge is 0.256 e. The number of aromatic amines is 1. The van der Waals surface area contributed by atoms with Crippen LogP contribution < -0.4 is 0 Å². The molecule has 0 atom stereocenters. The first-order valence-corrected chi connectivity index (χ1v) is 8.25. The van der Waals surface area contributed by atoms with Gasteiger partial charge in [-0.2, -0.15) is 0 Å². The van der Waals surface area contributed by atoms with Gasteiger partial charge in [0.2, 0.25) is 5.91 Å². The van der Waals surface area contributed by atoms with Crippen molar-refractivity contribution in [3.63, 3.8) is 0 Å². The zero-order valence-corrected chi connectivity index (χ0v) is 14.5. The maximum atomic E-state index is 12.8. The van der Waals surface area contributed by atoms with E-state index in [-0.39, 0.29) is 11.8 Å². The van der Waals surface area contributed by atoms with Crippen molar-refractivity contribution in [3.05, 3.63) is 35.5 Å². The van der Waals surface area contributed by atoms with Gasteiger partial charge in [-0.25, -0.2) is 0 Å². The highest BCUT2D eigenvalue weighted by Crippen LogP contribution is 2.21. The van der Waals surface area contributed by atoms with Crippen LogP contribution in [-0.2, 0) is 4.79 Å². The molecule has 0 unspecified atom stereocenters. The Labute approximate surface area is 142 Å². The van der Waals surface area contributed by atoms with Gasteiger partial charge in [-0.15, -0.1) is 0 Å². The second kappa shape index (κ2) is 6.65. The van der Waals surface area contributed by atoms with Gasteiger partial charge in [0.05, 0.1) is 12.1 Å². The summed E-state index contributed by atoms with van der Waals surface area (Å²) in [6.45, 7) is 4.80. The summed E-state index contributed by atoms with van der Waals surface area (Å²) in [5.74, 6) is 0.152. The second-order valence-electron chi connectivity index (χ2n) is 6.66. The van der Waals surface area contributed by atoms with E-state index in [1.165, 1.54) is 0 Å². The van der Waals surface area contributed by atoms with E-state index in [0.29, 0.717) is 38.3 Å². The Balaban J connectivity index is 1.67. The molecule has 0 bridgehead atoms. The lowest BCUT2D eigenvalue weighted by atomic mass is 10.1. The molecule has 1 fully saturated rings. The molecule has 2 amide bonds. The van der Waals surface area contributed by atoms with E-state index in [1.807, 2.05) is 53.9 Å². The number of likely N-dealkylation sites (N-methyl/N-ethyl adjacent to an activating group) is 1. The molecule has 0 spiro atoms. The second-order valence-corrected chi connectivity index (χ2v) is 6.66. The predicted molar refractivity (Wildman–Crippen MR) is 94.1 cm³/mol. The van der Waals surface area contributed by atoms with Crippen molar-refractivity contribution in [2.45, 2.75) is 6.92 Å². The van der Waals surface area contributed by atoms with Crippen molar-refractivity contribution in [2.75, 3.05) is 46.8 Å². The van der Waals surface area contributed by atoms with Crippen molar-refractivity contribution in [3.8, 4) is 0 Å². The highest BCUT2D eigenvalue weighted by molar-refractivity contribution is 6.06. The number of aryl methyl sites for hydroxylation is 1. The van der Waals surface area contributed by atoms with Gasteiger partial charge in [0.25, 0.3) is 5.91 Å². The number of nitrogens with one attached hydrogen (secondary N) is 1. The van der Waals surface area contributed by atoms with Gasteiger partial charge in [-0.1, -0.05) is 12.1 Å². The minimum Gasteiger partial charge on any atom is -0.360 e. The molecule has 1 aliphatic heterocycles. The molecular weight excluding hydrogens is 304 g/mol. The number of amides is 2. The Morgan fingerprint density at radius 3 is 2.46 bits per heavy atom. The number of H-pyrrole nitrogens is 1. The average molecular weight is 328 g/mol. The molecule has 1 aromatic heterocycles. The third kappa shape index (κ3) is 3.28. The average Bonchev–Trinajstić information content (AvgIpc) is 2.96. The quantitative estimate of drug-likeness (QED) is 0.924. The fourth-order valence-corrected chi connectivity index (χ4v) is 3.12. The van der Waals surface area contributed by atoms with Crippen LogP contribution in [0.5, 0.6) is 0 Å². The standard InChI is InChI=1S/C18H24N4O2/c1-13-4-5-14-15(11-19-16(14)10-13)18(24)22-8-6-21(7-9-22)17(23)12-20(2)3/h4-5,10-11,19H,6-9,12H2,1-3H3. The van der Waals surface area contributed by atoms with E-state index in [2.05, 4.69) is 4.98 Å². The maximum Gasteiger partial charge on any atom is 0.256 e. The zero-order chi connectivity index (χ0) is 17.3. The number of benzene rings is 1. The molecule has 1 N–H and O–H groups in total. The van der Waals surface area contributed by atoms with Crippen LogP contribution in [0.3, 0.4) is 0 Å². The first-order valence-electron chi connectivity index (χ1n) is 8.25. The normalized spacial score (nSPS) is 15.3. The molecule has 2 aromatic rings. The van der Waals surface area contributed by atoms with E-state index >= 15 is 0 Å². The van der Waals surface area contributed by atoms with Gasteiger partial charge in [0, 0.05) is 43.3 Å². The summed E-state index contributed by atoms with van der Waals surface area (Å²) in [7, 11) is 3.77. The molecule has 0 radical (unpaired) electrons. The van der Waals surface area contributed by atoms with Crippen molar-refractivity contribution < 1.29 is 9.59 Å². The third-order valence-electron chi connectivity index (χ3n) is 4.44. The Kier molecular flexibility index (Phi) is 4.57. The van der Waals surface area contributed by atoms with Crippen LogP contribution in [0, 0.1) is 6.92 Å². The summed E-state index contributed by atoms with van der Waals surface area (Å²) in [4.78, 5) is 33.6. The monoisotopic (exact) mass is 328 g/mol. The molecule has 0 aliphatic carbocycles. The Bertz CT molecular complexity index is 757. The fourth-order valence-electron chi connectivity index (χ4n) is 3.12. The molecule has 128 valence electrons. The minimum atomic E-state index is 0.0322. The van der Waals surface area contributed by atoms with Crippen molar-refractivity contribution in [1.82, 2.24) is 19.7 Å². The molecule has 1 aromatic carbocycles. The van der Waals surface area contributed by atoms with Gasteiger partial charge in [-0.3, -0.25) is 9.59 Å². The number of aromatic nitrogens is 1. The van der Waals surface area contributed by atoms with E-state index in [1.54, 1.807) is 6.20 Å². The predicted octanol–water partition coefficient (Wildman–Crippen LogP) is 1.32. The largest absolute Gasteiger partial charge is 0.360 e. The van der Waals surface area contributed by atoms with Crippen molar-refractivity contribution in [1.29, 1.82) is 0 Å².